The second kappa shape index (κ2) is 5.91. The van der Waals surface area contributed by atoms with Crippen molar-refractivity contribution in [1.29, 1.82) is 0 Å². The Morgan fingerprint density at radius 3 is 2.88 bits per heavy atom. The molecule has 0 radical (unpaired) electrons. The highest BCUT2D eigenvalue weighted by atomic mass is 16.5. The number of rotatable bonds is 5. The fourth-order valence-electron chi connectivity index (χ4n) is 1.45. The van der Waals surface area contributed by atoms with E-state index < -0.39 is 0 Å². The summed E-state index contributed by atoms with van der Waals surface area (Å²) in [6.45, 7) is 1.32. The van der Waals surface area contributed by atoms with Crippen LogP contribution in [0.15, 0.2) is 36.9 Å². The van der Waals surface area contributed by atoms with Crippen molar-refractivity contribution < 1.29 is 4.74 Å². The van der Waals surface area contributed by atoms with E-state index in [1.165, 1.54) is 0 Å². The van der Waals surface area contributed by atoms with Crippen molar-refractivity contribution in [2.45, 2.75) is 0 Å². The maximum absolute atomic E-state index is 4.99. The topological polar surface area (TPSA) is 59.9 Å². The molecule has 5 heteroatoms. The van der Waals surface area contributed by atoms with Gasteiger partial charge in [0.1, 0.15) is 5.69 Å². The lowest BCUT2D eigenvalue weighted by atomic mass is 10.2. The minimum Gasteiger partial charge on any atom is -0.383 e. The second-order valence-electron chi connectivity index (χ2n) is 3.41. The highest BCUT2D eigenvalue weighted by molar-refractivity contribution is 5.70. The van der Waals surface area contributed by atoms with Crippen LogP contribution in [0.25, 0.3) is 11.3 Å². The van der Waals surface area contributed by atoms with E-state index in [2.05, 4.69) is 20.3 Å². The number of nitrogens with one attached hydrogen (secondary N) is 1. The first kappa shape index (κ1) is 11.5. The van der Waals surface area contributed by atoms with Crippen molar-refractivity contribution >= 4 is 5.82 Å². The van der Waals surface area contributed by atoms with Gasteiger partial charge >= 0.3 is 0 Å². The minimum atomic E-state index is 0.628. The minimum absolute atomic E-state index is 0.628. The second-order valence-corrected chi connectivity index (χ2v) is 3.41. The standard InChI is InChI=1S/C12H14N4O/c1-17-8-7-16-12-11(14-5-6-15-12)10-3-2-4-13-9-10/h2-6,9H,7-8H2,1H3,(H,15,16). The predicted molar refractivity (Wildman–Crippen MR) is 65.6 cm³/mol. The van der Waals surface area contributed by atoms with Crippen molar-refractivity contribution in [2.75, 3.05) is 25.6 Å². The van der Waals surface area contributed by atoms with Gasteiger partial charge in [-0.3, -0.25) is 9.97 Å². The van der Waals surface area contributed by atoms with E-state index in [9.17, 15) is 0 Å². The molecule has 0 fully saturated rings. The zero-order chi connectivity index (χ0) is 11.9. The Bertz CT molecular complexity index is 461. The Morgan fingerprint density at radius 2 is 2.12 bits per heavy atom. The number of methoxy groups -OCH3 is 1. The van der Waals surface area contributed by atoms with Crippen LogP contribution in [0.4, 0.5) is 5.82 Å². The first-order chi connectivity index (χ1) is 8.42. The van der Waals surface area contributed by atoms with E-state index >= 15 is 0 Å². The number of hydrogen-bond acceptors (Lipinski definition) is 5. The SMILES string of the molecule is COCCNc1nccnc1-c1cccnc1. The Balaban J connectivity index is 2.22. The third-order valence-electron chi connectivity index (χ3n) is 2.23. The first-order valence-corrected chi connectivity index (χ1v) is 5.36. The summed E-state index contributed by atoms with van der Waals surface area (Å²) in [6.07, 6.45) is 6.84. The van der Waals surface area contributed by atoms with Crippen LogP contribution in [-0.4, -0.2) is 35.2 Å². The van der Waals surface area contributed by atoms with E-state index in [1.807, 2.05) is 12.1 Å². The Kier molecular flexibility index (Phi) is 3.99. The molecule has 0 aliphatic heterocycles. The van der Waals surface area contributed by atoms with Crippen molar-refractivity contribution in [3.63, 3.8) is 0 Å². The number of ether oxygens (including phenoxy) is 1. The number of nitrogens with zero attached hydrogens (tertiary/aromatic N) is 3. The maximum atomic E-state index is 4.99. The Morgan fingerprint density at radius 1 is 1.24 bits per heavy atom. The molecule has 17 heavy (non-hydrogen) atoms. The largest absolute Gasteiger partial charge is 0.383 e. The highest BCUT2D eigenvalue weighted by Gasteiger charge is 2.06. The monoisotopic (exact) mass is 230 g/mol. The Labute approximate surface area is 99.9 Å². The summed E-state index contributed by atoms with van der Waals surface area (Å²) in [7, 11) is 1.67. The van der Waals surface area contributed by atoms with Gasteiger partial charge in [-0.15, -0.1) is 0 Å². The number of anilines is 1. The average molecular weight is 230 g/mol. The van der Waals surface area contributed by atoms with Gasteiger partial charge in [0.15, 0.2) is 5.82 Å². The van der Waals surface area contributed by atoms with Crippen LogP contribution in [0, 0.1) is 0 Å². The lowest BCUT2D eigenvalue weighted by Crippen LogP contribution is -2.10. The van der Waals surface area contributed by atoms with Crippen LogP contribution < -0.4 is 5.32 Å². The maximum Gasteiger partial charge on any atom is 0.152 e. The normalized spacial score (nSPS) is 10.2. The molecule has 0 aliphatic rings. The smallest absolute Gasteiger partial charge is 0.152 e. The van der Waals surface area contributed by atoms with Gasteiger partial charge in [0.2, 0.25) is 0 Å². The third-order valence-corrected chi connectivity index (χ3v) is 2.23. The van der Waals surface area contributed by atoms with E-state index in [0.717, 1.165) is 17.1 Å². The molecule has 0 aromatic carbocycles. The van der Waals surface area contributed by atoms with Crippen molar-refractivity contribution in [1.82, 2.24) is 15.0 Å². The molecule has 0 bridgehead atoms. The molecule has 5 nitrogen and oxygen atoms in total. The highest BCUT2D eigenvalue weighted by Crippen LogP contribution is 2.21. The summed E-state index contributed by atoms with van der Waals surface area (Å²) in [5.41, 5.74) is 1.75. The van der Waals surface area contributed by atoms with Gasteiger partial charge in [0, 0.05) is 44.0 Å². The number of pyridine rings is 1. The molecule has 0 aliphatic carbocycles. The summed E-state index contributed by atoms with van der Waals surface area (Å²) in [5.74, 6) is 0.748. The number of aromatic nitrogens is 3. The van der Waals surface area contributed by atoms with E-state index in [1.54, 1.807) is 31.9 Å². The van der Waals surface area contributed by atoms with Crippen LogP contribution in [0.5, 0.6) is 0 Å². The molecular formula is C12H14N4O. The van der Waals surface area contributed by atoms with Crippen LogP contribution in [-0.2, 0) is 4.74 Å². The van der Waals surface area contributed by atoms with Crippen LogP contribution in [0.3, 0.4) is 0 Å². The fourth-order valence-corrected chi connectivity index (χ4v) is 1.45. The molecule has 2 heterocycles. The van der Waals surface area contributed by atoms with Crippen molar-refractivity contribution in [3.8, 4) is 11.3 Å². The van der Waals surface area contributed by atoms with Gasteiger partial charge in [-0.05, 0) is 12.1 Å². The van der Waals surface area contributed by atoms with Gasteiger partial charge in [-0.25, -0.2) is 4.98 Å². The van der Waals surface area contributed by atoms with Crippen molar-refractivity contribution in [2.24, 2.45) is 0 Å². The molecule has 2 rings (SSSR count). The molecule has 2 aromatic heterocycles. The van der Waals surface area contributed by atoms with E-state index in [0.29, 0.717) is 13.2 Å². The van der Waals surface area contributed by atoms with Gasteiger partial charge in [-0.1, -0.05) is 0 Å². The summed E-state index contributed by atoms with van der Waals surface area (Å²) in [5, 5.41) is 3.19. The average Bonchev–Trinajstić information content (AvgIpc) is 2.41. The van der Waals surface area contributed by atoms with Gasteiger partial charge in [0.05, 0.1) is 6.61 Å². The third kappa shape index (κ3) is 2.98. The molecule has 0 saturated heterocycles. The Hall–Kier alpha value is -2.01. The molecule has 0 spiro atoms. The summed E-state index contributed by atoms with van der Waals surface area (Å²) >= 11 is 0. The molecule has 0 amide bonds. The molecule has 0 atom stereocenters. The summed E-state index contributed by atoms with van der Waals surface area (Å²) in [6, 6.07) is 3.83. The zero-order valence-electron chi connectivity index (χ0n) is 9.63. The molecule has 0 saturated carbocycles. The van der Waals surface area contributed by atoms with E-state index in [4.69, 9.17) is 4.74 Å². The summed E-state index contributed by atoms with van der Waals surface area (Å²) < 4.78 is 4.99. The van der Waals surface area contributed by atoms with Gasteiger partial charge < -0.3 is 10.1 Å². The molecular weight excluding hydrogens is 216 g/mol. The summed E-state index contributed by atoms with van der Waals surface area (Å²) in [4.78, 5) is 12.7. The predicted octanol–water partition coefficient (Wildman–Crippen LogP) is 1.60. The molecule has 88 valence electrons. The quantitative estimate of drug-likeness (QED) is 0.790. The lowest BCUT2D eigenvalue weighted by Gasteiger charge is -2.09. The first-order valence-electron chi connectivity index (χ1n) is 5.36. The fraction of sp³-hybridized carbons (Fsp3) is 0.250. The zero-order valence-corrected chi connectivity index (χ0v) is 9.63. The van der Waals surface area contributed by atoms with Crippen molar-refractivity contribution in [3.05, 3.63) is 36.9 Å². The molecule has 2 aromatic rings. The van der Waals surface area contributed by atoms with Crippen LogP contribution >= 0.6 is 0 Å². The molecule has 0 unspecified atom stereocenters. The van der Waals surface area contributed by atoms with Gasteiger partial charge in [0.25, 0.3) is 0 Å². The van der Waals surface area contributed by atoms with Crippen LogP contribution in [0.1, 0.15) is 0 Å². The van der Waals surface area contributed by atoms with E-state index in [-0.39, 0.29) is 0 Å². The molecule has 1 N–H and O–H groups in total. The van der Waals surface area contributed by atoms with Crippen LogP contribution in [0.2, 0.25) is 0 Å². The number of hydrogen-bond donors (Lipinski definition) is 1. The van der Waals surface area contributed by atoms with Gasteiger partial charge in [-0.2, -0.15) is 0 Å². The lowest BCUT2D eigenvalue weighted by molar-refractivity contribution is 0.210.